The number of amides is 2. The Morgan fingerprint density at radius 3 is 2.47 bits per heavy atom. The minimum atomic E-state index is -0.280. The van der Waals surface area contributed by atoms with Crippen molar-refractivity contribution in [1.29, 1.82) is 0 Å². The number of hydrogen-bond acceptors (Lipinski definition) is 4. The summed E-state index contributed by atoms with van der Waals surface area (Å²) in [4.78, 5) is 24.1. The third kappa shape index (κ3) is 7.57. The fourth-order valence-electron chi connectivity index (χ4n) is 1.44. The van der Waals surface area contributed by atoms with Crippen molar-refractivity contribution in [3.05, 3.63) is 0 Å². The predicted octanol–water partition coefficient (Wildman–Crippen LogP) is 1.02. The van der Waals surface area contributed by atoms with Crippen LogP contribution in [-0.2, 0) is 9.53 Å². The number of ether oxygens (including phenoxy) is 1. The van der Waals surface area contributed by atoms with E-state index in [1.54, 1.807) is 11.8 Å². The zero-order chi connectivity index (χ0) is 13.1. The lowest BCUT2D eigenvalue weighted by Gasteiger charge is -2.20. The number of nitrogens with zero attached hydrogens (tertiary/aromatic N) is 1. The molecule has 0 aliphatic rings. The molecule has 0 aromatic rings. The van der Waals surface area contributed by atoms with Gasteiger partial charge >= 0.3 is 6.09 Å². The fourth-order valence-corrected chi connectivity index (χ4v) is 1.44. The topological polar surface area (TPSA) is 84.7 Å². The Bertz CT molecular complexity index is 234. The van der Waals surface area contributed by atoms with Gasteiger partial charge in [-0.15, -0.1) is 0 Å². The van der Waals surface area contributed by atoms with Crippen LogP contribution < -0.4 is 11.3 Å². The molecule has 6 nitrogen and oxygen atoms in total. The molecule has 0 bridgehead atoms. The lowest BCUT2D eigenvalue weighted by Crippen LogP contribution is -2.33. The first-order valence-corrected chi connectivity index (χ1v) is 6.06. The summed E-state index contributed by atoms with van der Waals surface area (Å²) in [5.74, 6) is 4.79. The van der Waals surface area contributed by atoms with Crippen LogP contribution in [0.3, 0.4) is 0 Å². The number of unbranched alkanes of at least 4 members (excludes halogenated alkanes) is 1. The van der Waals surface area contributed by atoms with E-state index in [0.717, 1.165) is 12.8 Å². The molecule has 0 rings (SSSR count). The van der Waals surface area contributed by atoms with E-state index in [9.17, 15) is 9.59 Å². The summed E-state index contributed by atoms with van der Waals surface area (Å²) < 4.78 is 4.94. The van der Waals surface area contributed by atoms with Gasteiger partial charge in [-0.3, -0.25) is 10.2 Å². The zero-order valence-corrected chi connectivity index (χ0v) is 10.7. The molecular weight excluding hydrogens is 222 g/mol. The van der Waals surface area contributed by atoms with Crippen molar-refractivity contribution in [2.75, 3.05) is 19.7 Å². The highest BCUT2D eigenvalue weighted by Gasteiger charge is 2.12. The van der Waals surface area contributed by atoms with E-state index in [0.29, 0.717) is 32.5 Å². The van der Waals surface area contributed by atoms with Crippen molar-refractivity contribution in [3.63, 3.8) is 0 Å². The maximum atomic E-state index is 11.5. The van der Waals surface area contributed by atoms with Gasteiger partial charge in [-0.25, -0.2) is 10.6 Å². The van der Waals surface area contributed by atoms with E-state index in [1.165, 1.54) is 0 Å². The number of carbonyl (C=O) groups excluding carboxylic acids is 2. The molecule has 0 aromatic carbocycles. The summed E-state index contributed by atoms with van der Waals surface area (Å²) in [6.45, 7) is 5.47. The van der Waals surface area contributed by atoms with Crippen molar-refractivity contribution < 1.29 is 14.3 Å². The van der Waals surface area contributed by atoms with Gasteiger partial charge in [0.1, 0.15) is 0 Å². The Hall–Kier alpha value is -1.30. The van der Waals surface area contributed by atoms with Gasteiger partial charge in [0.25, 0.3) is 0 Å². The van der Waals surface area contributed by atoms with Crippen LogP contribution in [0.15, 0.2) is 0 Å². The number of hydrogen-bond donors (Lipinski definition) is 2. The number of nitrogens with one attached hydrogen (secondary N) is 1. The predicted molar refractivity (Wildman–Crippen MR) is 65.1 cm³/mol. The molecular formula is C11H23N3O3. The highest BCUT2D eigenvalue weighted by Crippen LogP contribution is 2.02. The molecule has 0 saturated heterocycles. The minimum Gasteiger partial charge on any atom is -0.450 e. The molecule has 100 valence electrons. The van der Waals surface area contributed by atoms with E-state index >= 15 is 0 Å². The summed E-state index contributed by atoms with van der Waals surface area (Å²) >= 11 is 0. The maximum absolute atomic E-state index is 11.5. The molecule has 6 heteroatoms. The molecule has 3 N–H and O–H groups in total. The second kappa shape index (κ2) is 9.89. The van der Waals surface area contributed by atoms with Crippen LogP contribution in [0.1, 0.15) is 39.5 Å². The smallest absolute Gasteiger partial charge is 0.409 e. The second-order valence-electron chi connectivity index (χ2n) is 3.71. The quantitative estimate of drug-likeness (QED) is 0.289. The highest BCUT2D eigenvalue weighted by molar-refractivity contribution is 5.75. The molecule has 0 aliphatic heterocycles. The van der Waals surface area contributed by atoms with Gasteiger partial charge in [0.15, 0.2) is 0 Å². The average molecular weight is 245 g/mol. The Morgan fingerprint density at radius 2 is 1.94 bits per heavy atom. The fraction of sp³-hybridized carbons (Fsp3) is 0.818. The molecule has 0 radical (unpaired) electrons. The van der Waals surface area contributed by atoms with Gasteiger partial charge in [-0.05, 0) is 26.2 Å². The van der Waals surface area contributed by atoms with E-state index in [2.05, 4.69) is 5.43 Å². The van der Waals surface area contributed by atoms with E-state index in [4.69, 9.17) is 10.6 Å². The summed E-state index contributed by atoms with van der Waals surface area (Å²) in [5, 5.41) is 0. The van der Waals surface area contributed by atoms with Gasteiger partial charge in [-0.1, -0.05) is 6.92 Å². The molecule has 0 aromatic heterocycles. The number of nitrogens with two attached hydrogens (primary N) is 1. The second-order valence-corrected chi connectivity index (χ2v) is 3.71. The zero-order valence-electron chi connectivity index (χ0n) is 10.7. The third-order valence-corrected chi connectivity index (χ3v) is 2.26. The van der Waals surface area contributed by atoms with Gasteiger partial charge < -0.3 is 9.64 Å². The van der Waals surface area contributed by atoms with Crippen molar-refractivity contribution in [2.45, 2.75) is 39.5 Å². The van der Waals surface area contributed by atoms with Crippen LogP contribution in [0, 0.1) is 0 Å². The van der Waals surface area contributed by atoms with Crippen molar-refractivity contribution in [2.24, 2.45) is 5.84 Å². The molecule has 17 heavy (non-hydrogen) atoms. The monoisotopic (exact) mass is 245 g/mol. The molecule has 0 aliphatic carbocycles. The highest BCUT2D eigenvalue weighted by atomic mass is 16.6. The van der Waals surface area contributed by atoms with Gasteiger partial charge in [0.2, 0.25) is 5.91 Å². The lowest BCUT2D eigenvalue weighted by molar-refractivity contribution is -0.121. The maximum Gasteiger partial charge on any atom is 0.409 e. The Balaban J connectivity index is 3.84. The normalized spacial score (nSPS) is 9.82. The number of rotatable bonds is 8. The standard InChI is InChI=1S/C11H23N3O3/c1-3-8-14(11(16)17-4-2)9-6-5-7-10(15)13-12/h3-9,12H2,1-2H3,(H,13,15). The Kier molecular flexibility index (Phi) is 9.14. The van der Waals surface area contributed by atoms with Crippen LogP contribution in [0.25, 0.3) is 0 Å². The van der Waals surface area contributed by atoms with E-state index < -0.39 is 0 Å². The SMILES string of the molecule is CCCN(CCCCC(=O)NN)C(=O)OCC. The summed E-state index contributed by atoms with van der Waals surface area (Å²) in [7, 11) is 0. The van der Waals surface area contributed by atoms with Gasteiger partial charge in [0.05, 0.1) is 6.61 Å². The molecule has 0 spiro atoms. The molecule has 0 unspecified atom stereocenters. The van der Waals surface area contributed by atoms with Gasteiger partial charge in [0, 0.05) is 19.5 Å². The first-order valence-electron chi connectivity index (χ1n) is 6.06. The first-order chi connectivity index (χ1) is 8.15. The van der Waals surface area contributed by atoms with Crippen LogP contribution in [0.4, 0.5) is 4.79 Å². The summed E-state index contributed by atoms with van der Waals surface area (Å²) in [6.07, 6.45) is 2.48. The molecule has 2 amide bonds. The van der Waals surface area contributed by atoms with Crippen LogP contribution in [-0.4, -0.2) is 36.6 Å². The Morgan fingerprint density at radius 1 is 1.24 bits per heavy atom. The molecule has 0 atom stereocenters. The van der Waals surface area contributed by atoms with E-state index in [-0.39, 0.29) is 12.0 Å². The largest absolute Gasteiger partial charge is 0.450 e. The van der Waals surface area contributed by atoms with E-state index in [1.807, 2.05) is 6.92 Å². The number of hydrazine groups is 1. The molecule has 0 heterocycles. The van der Waals surface area contributed by atoms with Crippen molar-refractivity contribution >= 4 is 12.0 Å². The Labute approximate surface area is 102 Å². The minimum absolute atomic E-state index is 0.178. The molecule has 0 saturated carbocycles. The summed E-state index contributed by atoms with van der Waals surface area (Å²) in [5.41, 5.74) is 2.08. The van der Waals surface area contributed by atoms with Crippen LogP contribution in [0.5, 0.6) is 0 Å². The third-order valence-electron chi connectivity index (χ3n) is 2.26. The van der Waals surface area contributed by atoms with Gasteiger partial charge in [-0.2, -0.15) is 0 Å². The molecule has 0 fully saturated rings. The average Bonchev–Trinajstić information content (AvgIpc) is 2.32. The summed E-state index contributed by atoms with van der Waals surface area (Å²) in [6, 6.07) is 0. The van der Waals surface area contributed by atoms with Crippen molar-refractivity contribution in [1.82, 2.24) is 10.3 Å². The van der Waals surface area contributed by atoms with Crippen LogP contribution >= 0.6 is 0 Å². The number of carbonyl (C=O) groups is 2. The van der Waals surface area contributed by atoms with Crippen molar-refractivity contribution in [3.8, 4) is 0 Å². The first kappa shape index (κ1) is 15.7. The van der Waals surface area contributed by atoms with Crippen LogP contribution in [0.2, 0.25) is 0 Å². The lowest BCUT2D eigenvalue weighted by atomic mass is 10.2.